The zero-order valence-electron chi connectivity index (χ0n) is 10.6. The molecule has 1 saturated heterocycles. The number of rotatable bonds is 2. The average molecular weight is 368 g/mol. The minimum atomic E-state index is -0.0564. The Morgan fingerprint density at radius 3 is 2.89 bits per heavy atom. The number of amides is 1. The molecule has 1 heterocycles. The van der Waals surface area contributed by atoms with E-state index in [2.05, 4.69) is 33.5 Å². The van der Waals surface area contributed by atoms with Crippen LogP contribution in [0.1, 0.15) is 30.1 Å². The Labute approximate surface area is 133 Å². The summed E-state index contributed by atoms with van der Waals surface area (Å²) in [6, 6.07) is 5.70. The van der Waals surface area contributed by atoms with Crippen LogP contribution in [-0.2, 0) is 0 Å². The molecule has 106 valence electrons. The SMILES string of the molecule is CC1NCCCC1NC(=O)c1ccc(Cl)cc1Br.Cl. The fraction of sp³-hybridized carbons (Fsp3) is 0.462. The van der Waals surface area contributed by atoms with E-state index in [-0.39, 0.29) is 24.4 Å². The summed E-state index contributed by atoms with van der Waals surface area (Å²) in [5.74, 6) is -0.0564. The van der Waals surface area contributed by atoms with Crippen LogP contribution in [0, 0.1) is 0 Å². The number of piperidine rings is 1. The highest BCUT2D eigenvalue weighted by Crippen LogP contribution is 2.22. The number of carbonyl (C=O) groups excluding carboxylic acids is 1. The molecule has 0 spiro atoms. The van der Waals surface area contributed by atoms with Gasteiger partial charge in [-0.3, -0.25) is 4.79 Å². The standard InChI is InChI=1S/C13H16BrClN2O.ClH/c1-8-12(3-2-6-16-8)17-13(18)10-5-4-9(15)7-11(10)14;/h4-5,7-8,12,16H,2-3,6H2,1H3,(H,17,18);1H. The van der Waals surface area contributed by atoms with Crippen molar-refractivity contribution in [2.75, 3.05) is 6.54 Å². The van der Waals surface area contributed by atoms with Gasteiger partial charge in [0.25, 0.3) is 5.91 Å². The highest BCUT2D eigenvalue weighted by molar-refractivity contribution is 9.10. The second kappa shape index (κ2) is 7.48. The first-order valence-electron chi connectivity index (χ1n) is 6.07. The van der Waals surface area contributed by atoms with Gasteiger partial charge < -0.3 is 10.6 Å². The van der Waals surface area contributed by atoms with Gasteiger partial charge in [0.1, 0.15) is 0 Å². The van der Waals surface area contributed by atoms with Crippen LogP contribution in [0.3, 0.4) is 0 Å². The summed E-state index contributed by atoms with van der Waals surface area (Å²) < 4.78 is 0.726. The summed E-state index contributed by atoms with van der Waals surface area (Å²) >= 11 is 9.23. The molecule has 0 bridgehead atoms. The summed E-state index contributed by atoms with van der Waals surface area (Å²) in [6.45, 7) is 3.12. The van der Waals surface area contributed by atoms with Crippen molar-refractivity contribution in [3.05, 3.63) is 33.3 Å². The van der Waals surface area contributed by atoms with Crippen LogP contribution in [-0.4, -0.2) is 24.5 Å². The molecule has 0 aliphatic carbocycles. The minimum Gasteiger partial charge on any atom is -0.348 e. The van der Waals surface area contributed by atoms with E-state index in [0.717, 1.165) is 23.9 Å². The van der Waals surface area contributed by atoms with Crippen molar-refractivity contribution in [1.82, 2.24) is 10.6 Å². The molecule has 1 fully saturated rings. The Morgan fingerprint density at radius 2 is 2.26 bits per heavy atom. The summed E-state index contributed by atoms with van der Waals surface area (Å²) in [6.07, 6.45) is 2.11. The topological polar surface area (TPSA) is 41.1 Å². The Kier molecular flexibility index (Phi) is 6.60. The van der Waals surface area contributed by atoms with Gasteiger partial charge in [0, 0.05) is 21.6 Å². The second-order valence-electron chi connectivity index (χ2n) is 4.59. The Balaban J connectivity index is 0.00000180. The molecule has 1 aliphatic rings. The summed E-state index contributed by atoms with van der Waals surface area (Å²) in [4.78, 5) is 12.2. The lowest BCUT2D eigenvalue weighted by atomic mass is 9.99. The molecular formula is C13H17BrCl2N2O. The molecule has 2 unspecified atom stereocenters. The molecule has 0 aromatic heterocycles. The third-order valence-electron chi connectivity index (χ3n) is 3.25. The van der Waals surface area contributed by atoms with E-state index in [4.69, 9.17) is 11.6 Å². The Morgan fingerprint density at radius 1 is 1.53 bits per heavy atom. The summed E-state index contributed by atoms with van der Waals surface area (Å²) in [5.41, 5.74) is 0.622. The van der Waals surface area contributed by atoms with E-state index in [0.29, 0.717) is 16.6 Å². The molecule has 19 heavy (non-hydrogen) atoms. The average Bonchev–Trinajstić information content (AvgIpc) is 2.32. The predicted octanol–water partition coefficient (Wildman–Crippen LogP) is 3.39. The third-order valence-corrected chi connectivity index (χ3v) is 4.15. The van der Waals surface area contributed by atoms with Crippen molar-refractivity contribution in [3.8, 4) is 0 Å². The van der Waals surface area contributed by atoms with Gasteiger partial charge in [0.15, 0.2) is 0 Å². The van der Waals surface area contributed by atoms with Crippen LogP contribution in [0.2, 0.25) is 5.02 Å². The third kappa shape index (κ3) is 4.35. The zero-order chi connectivity index (χ0) is 13.1. The van der Waals surface area contributed by atoms with Crippen molar-refractivity contribution in [1.29, 1.82) is 0 Å². The molecule has 0 radical (unpaired) electrons. The second-order valence-corrected chi connectivity index (χ2v) is 5.88. The summed E-state index contributed by atoms with van der Waals surface area (Å²) in [7, 11) is 0. The number of carbonyl (C=O) groups is 1. The van der Waals surface area contributed by atoms with Crippen molar-refractivity contribution in [3.63, 3.8) is 0 Å². The zero-order valence-corrected chi connectivity index (χ0v) is 13.7. The largest absolute Gasteiger partial charge is 0.348 e. The first-order chi connectivity index (χ1) is 8.58. The highest BCUT2D eigenvalue weighted by atomic mass is 79.9. The van der Waals surface area contributed by atoms with Gasteiger partial charge in [0.05, 0.1) is 5.56 Å². The number of nitrogens with one attached hydrogen (secondary N) is 2. The van der Waals surface area contributed by atoms with Crippen LogP contribution in [0.5, 0.6) is 0 Å². The smallest absolute Gasteiger partial charge is 0.252 e. The lowest BCUT2D eigenvalue weighted by Crippen LogP contribution is -2.51. The molecule has 3 nitrogen and oxygen atoms in total. The van der Waals surface area contributed by atoms with Gasteiger partial charge in [-0.15, -0.1) is 12.4 Å². The number of benzene rings is 1. The van der Waals surface area contributed by atoms with Crippen molar-refractivity contribution >= 4 is 45.8 Å². The fourth-order valence-corrected chi connectivity index (χ4v) is 3.02. The molecule has 0 saturated carbocycles. The van der Waals surface area contributed by atoms with Gasteiger partial charge in [-0.25, -0.2) is 0 Å². The first-order valence-corrected chi connectivity index (χ1v) is 7.24. The lowest BCUT2D eigenvalue weighted by molar-refractivity contribution is 0.0919. The van der Waals surface area contributed by atoms with Gasteiger partial charge in [-0.2, -0.15) is 0 Å². The Hall–Kier alpha value is -0.290. The van der Waals surface area contributed by atoms with Crippen LogP contribution in [0.25, 0.3) is 0 Å². The van der Waals surface area contributed by atoms with E-state index < -0.39 is 0 Å². The van der Waals surface area contributed by atoms with Crippen molar-refractivity contribution in [2.24, 2.45) is 0 Å². The number of hydrogen-bond acceptors (Lipinski definition) is 2. The van der Waals surface area contributed by atoms with Gasteiger partial charge in [0.2, 0.25) is 0 Å². The molecule has 1 aromatic rings. The van der Waals surface area contributed by atoms with Gasteiger partial charge in [-0.1, -0.05) is 11.6 Å². The van der Waals surface area contributed by atoms with Crippen LogP contribution in [0.15, 0.2) is 22.7 Å². The van der Waals surface area contributed by atoms with E-state index in [1.807, 2.05) is 0 Å². The monoisotopic (exact) mass is 366 g/mol. The molecule has 1 aromatic carbocycles. The molecule has 1 aliphatic heterocycles. The molecule has 6 heteroatoms. The van der Waals surface area contributed by atoms with E-state index in [1.54, 1.807) is 18.2 Å². The maximum Gasteiger partial charge on any atom is 0.252 e. The van der Waals surface area contributed by atoms with E-state index in [9.17, 15) is 4.79 Å². The maximum atomic E-state index is 12.2. The highest BCUT2D eigenvalue weighted by Gasteiger charge is 2.23. The summed E-state index contributed by atoms with van der Waals surface area (Å²) in [5, 5.41) is 7.05. The van der Waals surface area contributed by atoms with E-state index >= 15 is 0 Å². The minimum absolute atomic E-state index is 0. The van der Waals surface area contributed by atoms with Gasteiger partial charge in [-0.05, 0) is 60.4 Å². The first kappa shape index (κ1) is 16.8. The normalized spacial score (nSPS) is 22.5. The van der Waals surface area contributed by atoms with Gasteiger partial charge >= 0.3 is 0 Å². The molecule has 1 amide bonds. The molecular weight excluding hydrogens is 351 g/mol. The van der Waals surface area contributed by atoms with E-state index in [1.165, 1.54) is 0 Å². The number of hydrogen-bond donors (Lipinski definition) is 2. The van der Waals surface area contributed by atoms with Crippen LogP contribution < -0.4 is 10.6 Å². The fourth-order valence-electron chi connectivity index (χ4n) is 2.16. The lowest BCUT2D eigenvalue weighted by Gasteiger charge is -2.30. The predicted molar refractivity (Wildman–Crippen MR) is 84.4 cm³/mol. The molecule has 2 atom stereocenters. The quantitative estimate of drug-likeness (QED) is 0.841. The van der Waals surface area contributed by atoms with Crippen LogP contribution in [0.4, 0.5) is 0 Å². The van der Waals surface area contributed by atoms with Crippen LogP contribution >= 0.6 is 39.9 Å². The maximum absolute atomic E-state index is 12.2. The molecule has 2 rings (SSSR count). The van der Waals surface area contributed by atoms with Crippen molar-refractivity contribution in [2.45, 2.75) is 31.8 Å². The molecule has 2 N–H and O–H groups in total. The Bertz CT molecular complexity index is 456. The number of halogens is 3. The van der Waals surface area contributed by atoms with Crippen molar-refractivity contribution < 1.29 is 4.79 Å².